The lowest BCUT2D eigenvalue weighted by Gasteiger charge is -2.16. The highest BCUT2D eigenvalue weighted by Gasteiger charge is 2.11. The summed E-state index contributed by atoms with van der Waals surface area (Å²) in [5.74, 6) is -0.539. The van der Waals surface area contributed by atoms with Crippen molar-refractivity contribution in [3.63, 3.8) is 0 Å². The van der Waals surface area contributed by atoms with Crippen molar-refractivity contribution in [2.45, 2.75) is 19.9 Å². The zero-order valence-electron chi connectivity index (χ0n) is 12.9. The molecule has 2 aromatic carbocycles. The van der Waals surface area contributed by atoms with Crippen molar-refractivity contribution in [1.29, 1.82) is 0 Å². The maximum Gasteiger partial charge on any atom is 0.319 e. The molecular weight excluding hydrogens is 314 g/mol. The Morgan fingerprint density at radius 3 is 2.39 bits per heavy atom. The number of amides is 3. The van der Waals surface area contributed by atoms with Gasteiger partial charge in [-0.15, -0.1) is 0 Å². The van der Waals surface area contributed by atoms with Crippen LogP contribution in [0.1, 0.15) is 34.5 Å². The maximum absolute atomic E-state index is 12.1. The third kappa shape index (κ3) is 4.47. The minimum Gasteiger partial charge on any atom is -0.366 e. The topological polar surface area (TPSA) is 84.2 Å². The summed E-state index contributed by atoms with van der Waals surface area (Å²) in [6.07, 6.45) is 0. The minimum absolute atomic E-state index is 0.188. The molecule has 5 nitrogen and oxygen atoms in total. The van der Waals surface area contributed by atoms with E-state index < -0.39 is 5.91 Å². The third-order valence-electron chi connectivity index (χ3n) is 3.49. The van der Waals surface area contributed by atoms with Gasteiger partial charge in [-0.1, -0.05) is 29.8 Å². The number of carbonyl (C=O) groups is 2. The largest absolute Gasteiger partial charge is 0.366 e. The quantitative estimate of drug-likeness (QED) is 0.799. The van der Waals surface area contributed by atoms with Crippen LogP contribution in [0.5, 0.6) is 0 Å². The Labute approximate surface area is 139 Å². The number of nitrogens with one attached hydrogen (secondary N) is 2. The number of urea groups is 1. The highest BCUT2D eigenvalue weighted by molar-refractivity contribution is 6.30. The molecule has 0 fully saturated rings. The Balaban J connectivity index is 2.06. The fraction of sp³-hybridized carbons (Fsp3) is 0.176. The van der Waals surface area contributed by atoms with Crippen molar-refractivity contribution in [3.05, 3.63) is 64.2 Å². The summed E-state index contributed by atoms with van der Waals surface area (Å²) in [4.78, 5) is 23.4. The van der Waals surface area contributed by atoms with Crippen molar-refractivity contribution in [2.75, 3.05) is 5.32 Å². The Bertz CT molecular complexity index is 729. The molecule has 0 saturated carbocycles. The highest BCUT2D eigenvalue weighted by atomic mass is 35.5. The van der Waals surface area contributed by atoms with E-state index in [1.165, 1.54) is 0 Å². The second-order valence-corrected chi connectivity index (χ2v) is 5.70. The van der Waals surface area contributed by atoms with Crippen LogP contribution in [0, 0.1) is 6.92 Å². The van der Waals surface area contributed by atoms with Crippen LogP contribution in [0.2, 0.25) is 5.02 Å². The number of carbonyl (C=O) groups excluding carboxylic acids is 2. The van der Waals surface area contributed by atoms with E-state index in [4.69, 9.17) is 17.3 Å². The number of nitrogens with two attached hydrogens (primary N) is 1. The van der Waals surface area contributed by atoms with Crippen LogP contribution in [0.25, 0.3) is 0 Å². The first-order chi connectivity index (χ1) is 10.9. The van der Waals surface area contributed by atoms with Crippen molar-refractivity contribution in [3.8, 4) is 0 Å². The van der Waals surface area contributed by atoms with Gasteiger partial charge in [-0.05, 0) is 49.2 Å². The predicted molar refractivity (Wildman–Crippen MR) is 91.7 cm³/mol. The summed E-state index contributed by atoms with van der Waals surface area (Å²) in [5.41, 5.74) is 7.92. The molecule has 1 atom stereocenters. The standard InChI is InChI=1S/C17H18ClN3O2/c1-10-3-4-13(16(19)22)9-15(10)21-17(23)20-11(2)12-5-7-14(18)8-6-12/h3-9,11H,1-2H3,(H2,19,22)(H2,20,21,23). The average molecular weight is 332 g/mol. The number of benzene rings is 2. The van der Waals surface area contributed by atoms with E-state index in [-0.39, 0.29) is 12.1 Å². The Kier molecular flexibility index (Phi) is 5.24. The van der Waals surface area contributed by atoms with Gasteiger partial charge in [-0.25, -0.2) is 4.79 Å². The van der Waals surface area contributed by atoms with Gasteiger partial charge in [0.1, 0.15) is 0 Å². The molecule has 0 aliphatic heterocycles. The zero-order chi connectivity index (χ0) is 17.0. The average Bonchev–Trinajstić information content (AvgIpc) is 2.49. The molecule has 2 aromatic rings. The van der Waals surface area contributed by atoms with E-state index in [1.807, 2.05) is 26.0 Å². The molecule has 1 unspecified atom stereocenters. The lowest BCUT2D eigenvalue weighted by molar-refractivity contribution is 0.100. The molecule has 0 aliphatic carbocycles. The van der Waals surface area contributed by atoms with Crippen LogP contribution >= 0.6 is 11.6 Å². The van der Waals surface area contributed by atoms with Gasteiger partial charge in [-0.2, -0.15) is 0 Å². The van der Waals surface area contributed by atoms with Gasteiger partial charge in [0.15, 0.2) is 0 Å². The monoisotopic (exact) mass is 331 g/mol. The number of halogens is 1. The van der Waals surface area contributed by atoms with E-state index >= 15 is 0 Å². The Hall–Kier alpha value is -2.53. The summed E-state index contributed by atoms with van der Waals surface area (Å²) in [5, 5.41) is 6.21. The van der Waals surface area contributed by atoms with Crippen LogP contribution in [0.15, 0.2) is 42.5 Å². The number of hydrogen-bond acceptors (Lipinski definition) is 2. The molecule has 0 spiro atoms. The lowest BCUT2D eigenvalue weighted by Crippen LogP contribution is -2.31. The van der Waals surface area contributed by atoms with Crippen LogP contribution in [-0.4, -0.2) is 11.9 Å². The fourth-order valence-corrected chi connectivity index (χ4v) is 2.23. The normalized spacial score (nSPS) is 11.6. The summed E-state index contributed by atoms with van der Waals surface area (Å²) >= 11 is 5.85. The van der Waals surface area contributed by atoms with Gasteiger partial charge < -0.3 is 16.4 Å². The highest BCUT2D eigenvalue weighted by Crippen LogP contribution is 2.18. The molecule has 2 rings (SSSR count). The zero-order valence-corrected chi connectivity index (χ0v) is 13.6. The first kappa shape index (κ1) is 16.8. The molecule has 0 heterocycles. The number of anilines is 1. The summed E-state index contributed by atoms with van der Waals surface area (Å²) in [6.45, 7) is 3.71. The van der Waals surface area contributed by atoms with Gasteiger partial charge >= 0.3 is 6.03 Å². The molecular formula is C17H18ClN3O2. The van der Waals surface area contributed by atoms with Crippen molar-refractivity contribution in [2.24, 2.45) is 5.73 Å². The van der Waals surface area contributed by atoms with E-state index in [0.717, 1.165) is 11.1 Å². The number of hydrogen-bond donors (Lipinski definition) is 3. The van der Waals surface area contributed by atoms with Gasteiger partial charge in [0.2, 0.25) is 5.91 Å². The maximum atomic E-state index is 12.1. The first-order valence-electron chi connectivity index (χ1n) is 7.10. The van der Waals surface area contributed by atoms with E-state index in [9.17, 15) is 9.59 Å². The second-order valence-electron chi connectivity index (χ2n) is 5.27. The van der Waals surface area contributed by atoms with Gasteiger partial charge in [0.05, 0.1) is 6.04 Å². The third-order valence-corrected chi connectivity index (χ3v) is 3.74. The molecule has 0 aromatic heterocycles. The predicted octanol–water partition coefficient (Wildman–Crippen LogP) is 3.63. The van der Waals surface area contributed by atoms with Crippen LogP contribution in [-0.2, 0) is 0 Å². The number of primary amides is 1. The number of rotatable bonds is 4. The molecule has 0 radical (unpaired) electrons. The minimum atomic E-state index is -0.539. The fourth-order valence-electron chi connectivity index (χ4n) is 2.10. The van der Waals surface area contributed by atoms with Crippen LogP contribution in [0.4, 0.5) is 10.5 Å². The van der Waals surface area contributed by atoms with Crippen molar-refractivity contribution < 1.29 is 9.59 Å². The second kappa shape index (κ2) is 7.15. The smallest absolute Gasteiger partial charge is 0.319 e. The molecule has 120 valence electrons. The first-order valence-corrected chi connectivity index (χ1v) is 7.48. The lowest BCUT2D eigenvalue weighted by atomic mass is 10.1. The van der Waals surface area contributed by atoms with E-state index in [0.29, 0.717) is 16.3 Å². The molecule has 4 N–H and O–H groups in total. The van der Waals surface area contributed by atoms with Crippen molar-refractivity contribution in [1.82, 2.24) is 5.32 Å². The molecule has 0 aliphatic rings. The molecule has 6 heteroatoms. The van der Waals surface area contributed by atoms with Gasteiger partial charge in [0, 0.05) is 16.3 Å². The van der Waals surface area contributed by atoms with Gasteiger partial charge in [-0.3, -0.25) is 4.79 Å². The van der Waals surface area contributed by atoms with Crippen LogP contribution in [0.3, 0.4) is 0 Å². The van der Waals surface area contributed by atoms with Crippen LogP contribution < -0.4 is 16.4 Å². The summed E-state index contributed by atoms with van der Waals surface area (Å²) in [7, 11) is 0. The van der Waals surface area contributed by atoms with Crippen molar-refractivity contribution >= 4 is 29.2 Å². The molecule has 0 bridgehead atoms. The van der Waals surface area contributed by atoms with E-state index in [2.05, 4.69) is 10.6 Å². The summed E-state index contributed by atoms with van der Waals surface area (Å²) < 4.78 is 0. The summed E-state index contributed by atoms with van der Waals surface area (Å²) in [6, 6.07) is 11.6. The molecule has 3 amide bonds. The van der Waals surface area contributed by atoms with Gasteiger partial charge in [0.25, 0.3) is 0 Å². The van der Waals surface area contributed by atoms with E-state index in [1.54, 1.807) is 30.3 Å². The Morgan fingerprint density at radius 2 is 1.78 bits per heavy atom. The molecule has 23 heavy (non-hydrogen) atoms. The molecule has 0 saturated heterocycles. The number of aryl methyl sites for hydroxylation is 1. The Morgan fingerprint density at radius 1 is 1.13 bits per heavy atom. The SMILES string of the molecule is Cc1ccc(C(N)=O)cc1NC(=O)NC(C)c1ccc(Cl)cc1.